The zero-order valence-electron chi connectivity index (χ0n) is 9.34. The Morgan fingerprint density at radius 1 is 1.65 bits per heavy atom. The lowest BCUT2D eigenvalue weighted by atomic mass is 10.1. The zero-order chi connectivity index (χ0) is 12.8. The van der Waals surface area contributed by atoms with E-state index in [4.69, 9.17) is 5.26 Å². The van der Waals surface area contributed by atoms with Gasteiger partial charge in [-0.3, -0.25) is 4.79 Å². The second kappa shape index (κ2) is 6.97. The quantitative estimate of drug-likeness (QED) is 0.778. The molecule has 0 fully saturated rings. The van der Waals surface area contributed by atoms with Crippen LogP contribution in [0.5, 0.6) is 0 Å². The molecule has 3 nitrogen and oxygen atoms in total. The minimum absolute atomic E-state index is 0.198. The topological polar surface area (TPSA) is 52.9 Å². The van der Waals surface area contributed by atoms with Gasteiger partial charge in [-0.25, -0.2) is 0 Å². The fourth-order valence-electron chi connectivity index (χ4n) is 1.37. The third-order valence-electron chi connectivity index (χ3n) is 2.21. The Kier molecular flexibility index (Phi) is 5.92. The van der Waals surface area contributed by atoms with Crippen LogP contribution < -0.4 is 5.32 Å². The Morgan fingerprint density at radius 3 is 2.94 bits per heavy atom. The smallest absolute Gasteiger partial charge is 0.253 e. The molecule has 0 saturated heterocycles. The summed E-state index contributed by atoms with van der Waals surface area (Å²) in [7, 11) is 0. The Labute approximate surface area is 123 Å². The lowest BCUT2D eigenvalue weighted by Gasteiger charge is -2.11. The van der Waals surface area contributed by atoms with E-state index in [2.05, 4.69) is 49.9 Å². The van der Waals surface area contributed by atoms with Gasteiger partial charge < -0.3 is 5.32 Å². The molecule has 0 saturated carbocycles. The molecule has 1 aromatic carbocycles. The third-order valence-corrected chi connectivity index (χ3v) is 3.65. The Bertz CT molecular complexity index is 456. The van der Waals surface area contributed by atoms with E-state index in [1.807, 2.05) is 19.1 Å². The van der Waals surface area contributed by atoms with E-state index in [9.17, 15) is 4.79 Å². The SMILES string of the molecule is CCCC(C#N)NC(=O)c1cc(Br)ccc1I. The molecule has 0 heterocycles. The fraction of sp³-hybridized carbons (Fsp3) is 0.333. The van der Waals surface area contributed by atoms with Crippen LogP contribution in [0.2, 0.25) is 0 Å². The molecule has 1 N–H and O–H groups in total. The molecular formula is C12H12BrIN2O. The van der Waals surface area contributed by atoms with Gasteiger partial charge in [-0.05, 0) is 47.2 Å². The van der Waals surface area contributed by atoms with Crippen molar-refractivity contribution in [3.8, 4) is 6.07 Å². The number of nitrogens with zero attached hydrogens (tertiary/aromatic N) is 1. The van der Waals surface area contributed by atoms with E-state index >= 15 is 0 Å². The van der Waals surface area contributed by atoms with Crippen LogP contribution in [0.15, 0.2) is 22.7 Å². The molecule has 0 radical (unpaired) electrons. The lowest BCUT2D eigenvalue weighted by Crippen LogP contribution is -2.34. The Balaban J connectivity index is 2.83. The number of hydrogen-bond acceptors (Lipinski definition) is 2. The maximum atomic E-state index is 12.0. The molecule has 90 valence electrons. The number of carbonyl (C=O) groups excluding carboxylic acids is 1. The van der Waals surface area contributed by atoms with E-state index in [0.717, 1.165) is 14.5 Å². The van der Waals surface area contributed by atoms with Crippen molar-refractivity contribution in [3.05, 3.63) is 31.8 Å². The van der Waals surface area contributed by atoms with E-state index in [0.29, 0.717) is 12.0 Å². The monoisotopic (exact) mass is 406 g/mol. The third kappa shape index (κ3) is 4.28. The van der Waals surface area contributed by atoms with Crippen LogP contribution in [0.25, 0.3) is 0 Å². The summed E-state index contributed by atoms with van der Waals surface area (Å²) in [5.74, 6) is -0.198. The van der Waals surface area contributed by atoms with Gasteiger partial charge in [0.1, 0.15) is 6.04 Å². The zero-order valence-corrected chi connectivity index (χ0v) is 13.1. The van der Waals surface area contributed by atoms with Crippen molar-refractivity contribution >= 4 is 44.4 Å². The molecule has 1 rings (SSSR count). The molecular weight excluding hydrogens is 395 g/mol. The predicted molar refractivity (Wildman–Crippen MR) is 78.6 cm³/mol. The van der Waals surface area contributed by atoms with E-state index in [1.165, 1.54) is 0 Å². The van der Waals surface area contributed by atoms with Crippen LogP contribution in [0.3, 0.4) is 0 Å². The average molecular weight is 407 g/mol. The van der Waals surface area contributed by atoms with Gasteiger partial charge in [0.05, 0.1) is 11.6 Å². The van der Waals surface area contributed by atoms with Gasteiger partial charge in [0.15, 0.2) is 0 Å². The summed E-state index contributed by atoms with van der Waals surface area (Å²) in [5, 5.41) is 11.6. The van der Waals surface area contributed by atoms with Gasteiger partial charge in [0, 0.05) is 8.04 Å². The lowest BCUT2D eigenvalue weighted by molar-refractivity contribution is 0.0943. The summed E-state index contributed by atoms with van der Waals surface area (Å²) >= 11 is 5.44. The first-order valence-electron chi connectivity index (χ1n) is 5.24. The van der Waals surface area contributed by atoms with Crippen molar-refractivity contribution in [1.29, 1.82) is 5.26 Å². The van der Waals surface area contributed by atoms with Gasteiger partial charge in [0.25, 0.3) is 5.91 Å². The summed E-state index contributed by atoms with van der Waals surface area (Å²) < 4.78 is 1.73. The van der Waals surface area contributed by atoms with Crippen molar-refractivity contribution in [2.24, 2.45) is 0 Å². The number of benzene rings is 1. The highest BCUT2D eigenvalue weighted by Crippen LogP contribution is 2.18. The first-order valence-corrected chi connectivity index (χ1v) is 7.11. The molecule has 1 amide bonds. The molecule has 0 spiro atoms. The fourth-order valence-corrected chi connectivity index (χ4v) is 2.31. The van der Waals surface area contributed by atoms with Crippen LogP contribution in [0.4, 0.5) is 0 Å². The second-order valence-corrected chi connectivity index (χ2v) is 5.65. The average Bonchev–Trinajstić information content (AvgIpc) is 2.31. The van der Waals surface area contributed by atoms with E-state index in [-0.39, 0.29) is 5.91 Å². The summed E-state index contributed by atoms with van der Waals surface area (Å²) in [6, 6.07) is 7.18. The molecule has 0 bridgehead atoms. The highest BCUT2D eigenvalue weighted by molar-refractivity contribution is 14.1. The minimum Gasteiger partial charge on any atom is -0.336 e. The van der Waals surface area contributed by atoms with Gasteiger partial charge in [-0.15, -0.1) is 0 Å². The summed E-state index contributed by atoms with van der Waals surface area (Å²) in [4.78, 5) is 12.0. The Morgan fingerprint density at radius 2 is 2.35 bits per heavy atom. The molecule has 17 heavy (non-hydrogen) atoms. The molecule has 0 aliphatic carbocycles. The normalized spacial score (nSPS) is 11.6. The van der Waals surface area contributed by atoms with Crippen molar-refractivity contribution < 1.29 is 4.79 Å². The van der Waals surface area contributed by atoms with E-state index in [1.54, 1.807) is 6.07 Å². The second-order valence-electron chi connectivity index (χ2n) is 3.57. The molecule has 1 unspecified atom stereocenters. The molecule has 0 aliphatic heterocycles. The standard InChI is InChI=1S/C12H12BrIN2O/c1-2-3-9(7-15)16-12(17)10-6-8(13)4-5-11(10)14/h4-6,9H,2-3H2,1H3,(H,16,17). The minimum atomic E-state index is -0.415. The van der Waals surface area contributed by atoms with E-state index < -0.39 is 6.04 Å². The number of halogens is 2. The number of hydrogen-bond donors (Lipinski definition) is 1. The van der Waals surface area contributed by atoms with Gasteiger partial charge in [0.2, 0.25) is 0 Å². The summed E-state index contributed by atoms with van der Waals surface area (Å²) in [6.45, 7) is 1.99. The van der Waals surface area contributed by atoms with Gasteiger partial charge >= 0.3 is 0 Å². The maximum absolute atomic E-state index is 12.0. The number of nitrogens with one attached hydrogen (secondary N) is 1. The number of carbonyl (C=O) groups is 1. The largest absolute Gasteiger partial charge is 0.336 e. The molecule has 0 aromatic heterocycles. The first kappa shape index (κ1) is 14.5. The van der Waals surface area contributed by atoms with Crippen molar-refractivity contribution in [1.82, 2.24) is 5.32 Å². The van der Waals surface area contributed by atoms with Crippen molar-refractivity contribution in [2.75, 3.05) is 0 Å². The molecule has 1 atom stereocenters. The van der Waals surface area contributed by atoms with Crippen LogP contribution >= 0.6 is 38.5 Å². The number of rotatable bonds is 4. The maximum Gasteiger partial charge on any atom is 0.253 e. The Hall–Kier alpha value is -0.610. The molecule has 1 aromatic rings. The van der Waals surface area contributed by atoms with Crippen LogP contribution in [0.1, 0.15) is 30.1 Å². The van der Waals surface area contributed by atoms with Crippen molar-refractivity contribution in [2.45, 2.75) is 25.8 Å². The van der Waals surface area contributed by atoms with Crippen LogP contribution in [-0.4, -0.2) is 11.9 Å². The van der Waals surface area contributed by atoms with Crippen LogP contribution in [0, 0.1) is 14.9 Å². The molecule has 5 heteroatoms. The predicted octanol–water partition coefficient (Wildman–Crippen LogP) is 3.48. The summed E-state index contributed by atoms with van der Waals surface area (Å²) in [5.41, 5.74) is 0.594. The van der Waals surface area contributed by atoms with Crippen LogP contribution in [-0.2, 0) is 0 Å². The number of nitriles is 1. The van der Waals surface area contributed by atoms with Gasteiger partial charge in [-0.1, -0.05) is 29.3 Å². The molecule has 0 aliphatic rings. The number of amides is 1. The highest BCUT2D eigenvalue weighted by atomic mass is 127. The van der Waals surface area contributed by atoms with Crippen molar-refractivity contribution in [3.63, 3.8) is 0 Å². The first-order chi connectivity index (χ1) is 8.08. The highest BCUT2D eigenvalue weighted by Gasteiger charge is 2.14. The van der Waals surface area contributed by atoms with Gasteiger partial charge in [-0.2, -0.15) is 5.26 Å². The summed E-state index contributed by atoms with van der Waals surface area (Å²) in [6.07, 6.45) is 1.54.